The molecule has 0 saturated heterocycles. The van der Waals surface area contributed by atoms with Gasteiger partial charge in [-0.15, -0.1) is 0 Å². The van der Waals surface area contributed by atoms with Gasteiger partial charge in [-0.05, 0) is 50.8 Å². The van der Waals surface area contributed by atoms with E-state index >= 15 is 0 Å². The first-order valence-corrected chi connectivity index (χ1v) is 11.9. The predicted molar refractivity (Wildman–Crippen MR) is 130 cm³/mol. The molecule has 0 aliphatic rings. The lowest BCUT2D eigenvalue weighted by Gasteiger charge is -2.35. The molecular formula is C25H41N3O6. The van der Waals surface area contributed by atoms with Crippen molar-refractivity contribution >= 4 is 17.9 Å². The lowest BCUT2D eigenvalue weighted by atomic mass is 9.98. The number of phenolic OH excluding ortho intramolecular Hbond substituents is 1. The summed E-state index contributed by atoms with van der Waals surface area (Å²) in [6.07, 6.45) is 1.98. The lowest BCUT2D eigenvalue weighted by molar-refractivity contribution is -0.143. The number of nitrogens with one attached hydrogen (secondary N) is 2. The van der Waals surface area contributed by atoms with E-state index in [1.807, 2.05) is 0 Å². The van der Waals surface area contributed by atoms with Crippen LogP contribution in [0, 0.1) is 5.92 Å². The Balaban J connectivity index is 3.31. The molecule has 1 aromatic rings. The Morgan fingerprint density at radius 3 is 2.35 bits per heavy atom. The fourth-order valence-electron chi connectivity index (χ4n) is 3.45. The number of aliphatic hydroxyl groups is 1. The fraction of sp³-hybridized carbons (Fsp3) is 0.640. The second kappa shape index (κ2) is 13.8. The van der Waals surface area contributed by atoms with Gasteiger partial charge in [0.05, 0.1) is 6.61 Å². The molecule has 192 valence electrons. The topological polar surface area (TPSA) is 128 Å². The Morgan fingerprint density at radius 2 is 1.82 bits per heavy atom. The van der Waals surface area contributed by atoms with Crippen LogP contribution in [0.2, 0.25) is 0 Å². The van der Waals surface area contributed by atoms with Crippen molar-refractivity contribution in [3.05, 3.63) is 29.8 Å². The number of unbranched alkanes of at least 4 members (excludes halogenated alkanes) is 2. The van der Waals surface area contributed by atoms with Crippen LogP contribution in [0.25, 0.3) is 0 Å². The van der Waals surface area contributed by atoms with Crippen LogP contribution in [-0.2, 0) is 14.3 Å². The van der Waals surface area contributed by atoms with Crippen LogP contribution in [0.5, 0.6) is 5.75 Å². The monoisotopic (exact) mass is 479 g/mol. The van der Waals surface area contributed by atoms with Crippen molar-refractivity contribution in [2.45, 2.75) is 78.5 Å². The van der Waals surface area contributed by atoms with E-state index in [9.17, 15) is 24.6 Å². The Morgan fingerprint density at radius 1 is 1.15 bits per heavy atom. The predicted octanol–water partition coefficient (Wildman–Crippen LogP) is 3.11. The summed E-state index contributed by atoms with van der Waals surface area (Å²) in [4.78, 5) is 40.6. The van der Waals surface area contributed by atoms with Crippen molar-refractivity contribution in [1.29, 1.82) is 0 Å². The molecule has 9 nitrogen and oxygen atoms in total. The average Bonchev–Trinajstić information content (AvgIpc) is 2.73. The maximum Gasteiger partial charge on any atom is 0.408 e. The lowest BCUT2D eigenvalue weighted by Crippen LogP contribution is -2.55. The van der Waals surface area contributed by atoms with Crippen LogP contribution in [0.3, 0.4) is 0 Å². The zero-order valence-corrected chi connectivity index (χ0v) is 21.3. The van der Waals surface area contributed by atoms with Gasteiger partial charge in [0.15, 0.2) is 0 Å². The molecule has 0 aliphatic carbocycles. The Labute approximate surface area is 202 Å². The summed E-state index contributed by atoms with van der Waals surface area (Å²) in [5, 5.41) is 25.2. The summed E-state index contributed by atoms with van der Waals surface area (Å²) in [5.74, 6) is -1.33. The maximum absolute atomic E-state index is 13.7. The van der Waals surface area contributed by atoms with Crippen molar-refractivity contribution in [3.63, 3.8) is 0 Å². The largest absolute Gasteiger partial charge is 0.508 e. The number of hydrogen-bond donors (Lipinski definition) is 4. The van der Waals surface area contributed by atoms with Crippen molar-refractivity contribution in [3.8, 4) is 5.75 Å². The van der Waals surface area contributed by atoms with Crippen LogP contribution in [0.1, 0.15) is 72.4 Å². The molecule has 0 spiro atoms. The van der Waals surface area contributed by atoms with Gasteiger partial charge >= 0.3 is 6.09 Å². The third kappa shape index (κ3) is 9.59. The minimum Gasteiger partial charge on any atom is -0.508 e. The van der Waals surface area contributed by atoms with E-state index in [0.29, 0.717) is 12.1 Å². The van der Waals surface area contributed by atoms with Gasteiger partial charge in [-0.1, -0.05) is 45.7 Å². The van der Waals surface area contributed by atoms with Crippen LogP contribution in [-0.4, -0.2) is 64.4 Å². The van der Waals surface area contributed by atoms with E-state index in [2.05, 4.69) is 17.6 Å². The minimum atomic E-state index is -1.10. The third-order valence-electron chi connectivity index (χ3n) is 5.05. The van der Waals surface area contributed by atoms with E-state index in [-0.39, 0.29) is 24.8 Å². The number of hydrogen-bond acceptors (Lipinski definition) is 6. The van der Waals surface area contributed by atoms with Crippen molar-refractivity contribution < 1.29 is 29.3 Å². The number of phenols is 1. The average molecular weight is 480 g/mol. The SMILES string of the molecule is CCCCCNC(=O)C(c1cccc(O)c1)N(CCO)C(=O)C(NC(=O)OC(C)(C)C)C(C)C. The number of ether oxygens (including phenoxy) is 1. The maximum atomic E-state index is 13.7. The standard InChI is InChI=1S/C25H41N3O6/c1-7-8-9-13-26-22(31)21(18-11-10-12-19(30)16-18)28(14-15-29)23(32)20(17(2)3)27-24(33)34-25(4,5)6/h10-12,16-17,20-21,29-30H,7-9,13-15H2,1-6H3,(H,26,31)(H,27,33). The molecule has 0 fully saturated rings. The summed E-state index contributed by atoms with van der Waals surface area (Å²) in [6.45, 7) is 10.7. The van der Waals surface area contributed by atoms with Crippen LogP contribution < -0.4 is 10.6 Å². The first kappa shape index (κ1) is 29.2. The smallest absolute Gasteiger partial charge is 0.408 e. The highest BCUT2D eigenvalue weighted by atomic mass is 16.6. The Kier molecular flexibility index (Phi) is 11.9. The first-order valence-electron chi connectivity index (χ1n) is 11.9. The van der Waals surface area contributed by atoms with E-state index in [4.69, 9.17) is 4.74 Å². The number of alkyl carbamates (subject to hydrolysis) is 1. The summed E-state index contributed by atoms with van der Waals surface area (Å²) in [6, 6.07) is 4.02. The highest BCUT2D eigenvalue weighted by molar-refractivity contribution is 5.92. The number of rotatable bonds is 12. The molecule has 0 bridgehead atoms. The van der Waals surface area contributed by atoms with Gasteiger partial charge in [-0.25, -0.2) is 4.79 Å². The Bertz CT molecular complexity index is 806. The summed E-state index contributed by atoms with van der Waals surface area (Å²) in [7, 11) is 0. The third-order valence-corrected chi connectivity index (χ3v) is 5.05. The number of aromatic hydroxyl groups is 1. The highest BCUT2D eigenvalue weighted by Crippen LogP contribution is 2.26. The molecule has 0 heterocycles. The van der Waals surface area contributed by atoms with Gasteiger partial charge in [0.1, 0.15) is 23.4 Å². The summed E-state index contributed by atoms with van der Waals surface area (Å²) >= 11 is 0. The molecule has 9 heteroatoms. The molecule has 0 radical (unpaired) electrons. The second-order valence-electron chi connectivity index (χ2n) is 9.62. The molecule has 34 heavy (non-hydrogen) atoms. The number of amides is 3. The fourth-order valence-corrected chi connectivity index (χ4v) is 3.45. The minimum absolute atomic E-state index is 0.0510. The zero-order valence-electron chi connectivity index (χ0n) is 21.3. The van der Waals surface area contributed by atoms with Gasteiger partial charge in [0.25, 0.3) is 0 Å². The molecule has 3 amide bonds. The van der Waals surface area contributed by atoms with Crippen LogP contribution in [0.15, 0.2) is 24.3 Å². The molecule has 0 aromatic heterocycles. The first-order chi connectivity index (χ1) is 15.9. The van der Waals surface area contributed by atoms with Gasteiger partial charge in [-0.2, -0.15) is 0 Å². The summed E-state index contributed by atoms with van der Waals surface area (Å²) < 4.78 is 5.31. The normalized spacial score (nSPS) is 13.2. The number of carbonyl (C=O) groups is 3. The van der Waals surface area contributed by atoms with Crippen LogP contribution >= 0.6 is 0 Å². The highest BCUT2D eigenvalue weighted by Gasteiger charge is 2.37. The zero-order chi connectivity index (χ0) is 25.9. The summed E-state index contributed by atoms with van der Waals surface area (Å²) in [5.41, 5.74) is -0.350. The number of aliphatic hydroxyl groups excluding tert-OH is 1. The van der Waals surface area contributed by atoms with Crippen molar-refractivity contribution in [2.75, 3.05) is 19.7 Å². The molecule has 1 rings (SSSR count). The quantitative estimate of drug-likeness (QED) is 0.341. The molecular weight excluding hydrogens is 438 g/mol. The van der Waals surface area contributed by atoms with E-state index in [0.717, 1.165) is 19.3 Å². The number of benzene rings is 1. The molecule has 0 saturated carbocycles. The van der Waals surface area contributed by atoms with E-state index in [1.165, 1.54) is 17.0 Å². The van der Waals surface area contributed by atoms with Gasteiger partial charge in [0, 0.05) is 13.1 Å². The van der Waals surface area contributed by atoms with Crippen LogP contribution in [0.4, 0.5) is 4.79 Å². The number of nitrogens with zero attached hydrogens (tertiary/aromatic N) is 1. The van der Waals surface area contributed by atoms with E-state index in [1.54, 1.807) is 46.8 Å². The molecule has 2 unspecified atom stereocenters. The number of carbonyl (C=O) groups excluding carboxylic acids is 3. The molecule has 2 atom stereocenters. The van der Waals surface area contributed by atoms with Crippen molar-refractivity contribution in [1.82, 2.24) is 15.5 Å². The van der Waals surface area contributed by atoms with Crippen molar-refractivity contribution in [2.24, 2.45) is 5.92 Å². The molecule has 0 aliphatic heterocycles. The Hall–Kier alpha value is -2.81. The van der Waals surface area contributed by atoms with Gasteiger partial charge in [0.2, 0.25) is 11.8 Å². The van der Waals surface area contributed by atoms with E-state index < -0.39 is 35.6 Å². The van der Waals surface area contributed by atoms with Gasteiger partial charge < -0.3 is 30.5 Å². The van der Waals surface area contributed by atoms with Gasteiger partial charge in [-0.3, -0.25) is 9.59 Å². The molecule has 4 N–H and O–H groups in total. The second-order valence-corrected chi connectivity index (χ2v) is 9.62. The molecule has 1 aromatic carbocycles.